The molecule has 4 bridgehead atoms. The van der Waals surface area contributed by atoms with Crippen LogP contribution in [0.1, 0.15) is 79.7 Å². The maximum absolute atomic E-state index is 14.2. The molecule has 13 nitrogen and oxygen atoms in total. The first-order chi connectivity index (χ1) is 25.0. The summed E-state index contributed by atoms with van der Waals surface area (Å²) in [5.41, 5.74) is -1.97. The van der Waals surface area contributed by atoms with Crippen LogP contribution in [-0.4, -0.2) is 109 Å². The smallest absolute Gasteiger partial charge is 0.409 e. The van der Waals surface area contributed by atoms with Gasteiger partial charge in [0.1, 0.15) is 40.7 Å². The molecule has 54 heavy (non-hydrogen) atoms. The minimum Gasteiger partial charge on any atom is -0.495 e. The van der Waals surface area contributed by atoms with Gasteiger partial charge >= 0.3 is 12.1 Å². The number of hydrogen-bond donors (Lipinski definition) is 3. The summed E-state index contributed by atoms with van der Waals surface area (Å²) < 4.78 is 29.1. The Morgan fingerprint density at radius 1 is 1.22 bits per heavy atom. The molecule has 2 saturated heterocycles. The lowest BCUT2D eigenvalue weighted by atomic mass is 9.73. The van der Waals surface area contributed by atoms with Crippen LogP contribution >= 0.6 is 24.2 Å². The molecule has 0 radical (unpaired) electrons. The average molecular weight is 794 g/mol. The van der Waals surface area contributed by atoms with E-state index in [9.17, 15) is 24.3 Å². The van der Waals surface area contributed by atoms with Gasteiger partial charge in [-0.05, 0) is 51.3 Å². The van der Waals surface area contributed by atoms with Crippen molar-refractivity contribution in [2.75, 3.05) is 33.2 Å². The second-order valence-corrected chi connectivity index (χ2v) is 17.7. The van der Waals surface area contributed by atoms with Gasteiger partial charge in [0.15, 0.2) is 5.72 Å². The van der Waals surface area contributed by atoms with Crippen LogP contribution in [0.3, 0.4) is 0 Å². The number of hydrogen-bond acceptors (Lipinski definition) is 11. The average Bonchev–Trinajstić information content (AvgIpc) is 3.80. The number of alkyl carbamates (subject to hydrolysis) is 1. The molecule has 3 aliphatic heterocycles. The molecular weight excluding hydrogens is 738 g/mol. The summed E-state index contributed by atoms with van der Waals surface area (Å²) in [5.74, 6) is -1.06. The van der Waals surface area contributed by atoms with E-state index in [1.807, 2.05) is 40.7 Å². The van der Waals surface area contributed by atoms with Crippen LogP contribution < -0.4 is 15.0 Å². The molecule has 2 fully saturated rings. The van der Waals surface area contributed by atoms with Crippen molar-refractivity contribution in [3.05, 3.63) is 46.5 Å². The van der Waals surface area contributed by atoms with Gasteiger partial charge in [-0.3, -0.25) is 14.9 Å². The number of thiol groups is 1. The Balaban J connectivity index is 1.78. The molecule has 1 aromatic carbocycles. The number of anilines is 1. The van der Waals surface area contributed by atoms with Gasteiger partial charge in [-0.15, -0.1) is 0 Å². The first-order valence-corrected chi connectivity index (χ1v) is 18.9. The van der Waals surface area contributed by atoms with Gasteiger partial charge in [0.05, 0.1) is 25.3 Å². The molecule has 7 unspecified atom stereocenters. The number of amides is 3. The van der Waals surface area contributed by atoms with Crippen molar-refractivity contribution in [2.45, 2.75) is 127 Å². The zero-order chi connectivity index (χ0) is 40.6. The van der Waals surface area contributed by atoms with Crippen molar-refractivity contribution in [2.24, 2.45) is 5.41 Å². The molecule has 0 saturated carbocycles. The lowest BCUT2D eigenvalue weighted by Gasteiger charge is -2.45. The Labute approximate surface area is 329 Å². The number of carbonyl (C=O) groups excluding carboxylic acids is 4. The zero-order valence-electron chi connectivity index (χ0n) is 33.2. The Hall–Kier alpha value is -3.30. The highest BCUT2D eigenvalue weighted by Crippen LogP contribution is 2.54. The molecule has 7 atom stereocenters. The largest absolute Gasteiger partial charge is 0.495 e. The van der Waals surface area contributed by atoms with Gasteiger partial charge in [-0.25, -0.2) is 9.59 Å². The van der Waals surface area contributed by atoms with E-state index in [4.69, 9.17) is 35.3 Å². The summed E-state index contributed by atoms with van der Waals surface area (Å²) in [6.45, 7) is 12.7. The number of aliphatic hydroxyl groups is 1. The lowest BCUT2D eigenvalue weighted by molar-refractivity contribution is -0.162. The third-order valence-electron chi connectivity index (χ3n) is 10.8. The molecule has 3 heterocycles. The van der Waals surface area contributed by atoms with Crippen LogP contribution in [0.2, 0.25) is 5.02 Å². The lowest BCUT2D eigenvalue weighted by Crippen LogP contribution is -2.65. The van der Waals surface area contributed by atoms with Gasteiger partial charge in [0, 0.05) is 44.2 Å². The van der Waals surface area contributed by atoms with Gasteiger partial charge in [-0.2, -0.15) is 12.6 Å². The van der Waals surface area contributed by atoms with E-state index in [0.717, 1.165) is 11.1 Å². The molecule has 3 aliphatic rings. The minimum absolute atomic E-state index is 0.0729. The monoisotopic (exact) mass is 793 g/mol. The summed E-state index contributed by atoms with van der Waals surface area (Å²) in [4.78, 5) is 56.8. The van der Waals surface area contributed by atoms with Crippen LogP contribution in [0.25, 0.3) is 0 Å². The first kappa shape index (κ1) is 43.4. The summed E-state index contributed by atoms with van der Waals surface area (Å²) in [5, 5.41) is 14.6. The number of rotatable bonds is 8. The number of ether oxygens (including phenoxy) is 5. The van der Waals surface area contributed by atoms with E-state index in [1.165, 1.54) is 31.1 Å². The molecule has 0 aliphatic carbocycles. The van der Waals surface area contributed by atoms with E-state index in [1.54, 1.807) is 45.2 Å². The number of carbonyl (C=O) groups is 4. The number of methoxy groups -OCH3 is 2. The van der Waals surface area contributed by atoms with E-state index in [0.29, 0.717) is 24.3 Å². The third kappa shape index (κ3) is 9.55. The van der Waals surface area contributed by atoms with E-state index < -0.39 is 65.2 Å². The van der Waals surface area contributed by atoms with Crippen molar-refractivity contribution < 1.29 is 48.0 Å². The quantitative estimate of drug-likeness (QED) is 0.177. The Morgan fingerprint density at radius 2 is 1.89 bits per heavy atom. The number of nitrogens with one attached hydrogen (secondary N) is 1. The number of nitrogens with zero attached hydrogens (tertiary/aromatic N) is 2. The number of benzene rings is 1. The molecule has 300 valence electrons. The molecule has 4 rings (SSSR count). The van der Waals surface area contributed by atoms with Crippen LogP contribution in [0.4, 0.5) is 10.5 Å². The number of likely N-dealkylation sites (N-methyl/N-ethyl adjacent to an activating group) is 1. The van der Waals surface area contributed by atoms with Crippen LogP contribution in [0, 0.1) is 5.41 Å². The van der Waals surface area contributed by atoms with Crippen molar-refractivity contribution >= 4 is 53.8 Å². The van der Waals surface area contributed by atoms with Gasteiger partial charge in [-0.1, -0.05) is 63.1 Å². The standard InChI is InChI=1S/C39H56ClN3O10S/c1-22-13-12-14-27(50-11)39(48)21-29(52-35(47)41-39)37(5,6)34-38(7,53-34)28(51-33(46)23(2)42(8)30(44)15-16-36(3,4)54)20-31(45)43(9)25-18-24(17-22)19-26(49-10)32(25)40/h12-14,18-19,23,27-29,34,48,54H,15-17,20-21H2,1-11H3,(H,41,47)/b14-12-,22-13-. The number of halogens is 1. The predicted octanol–water partition coefficient (Wildman–Crippen LogP) is 5.39. The molecule has 0 aromatic heterocycles. The predicted molar refractivity (Wildman–Crippen MR) is 208 cm³/mol. The molecule has 3 amide bonds. The van der Waals surface area contributed by atoms with Crippen molar-refractivity contribution in [1.82, 2.24) is 10.2 Å². The molecule has 2 N–H and O–H groups in total. The van der Waals surface area contributed by atoms with Crippen molar-refractivity contribution in [3.8, 4) is 5.75 Å². The highest BCUT2D eigenvalue weighted by atomic mass is 35.5. The van der Waals surface area contributed by atoms with E-state index >= 15 is 0 Å². The molecule has 0 spiro atoms. The maximum atomic E-state index is 14.2. The summed E-state index contributed by atoms with van der Waals surface area (Å²) >= 11 is 11.3. The molecular formula is C39H56ClN3O10S. The topological polar surface area (TPSA) is 156 Å². The SMILES string of the molecule is COc1cc2cc(c1Cl)N(C)C(=O)CC(OC(=O)C(C)N(C)C(=O)CCC(C)(C)S)C1(C)OC1C(C)(C)C1CC(O)(NC(=O)O1)C(OC)/C=C\C=C(\C)C2. The van der Waals surface area contributed by atoms with E-state index in [-0.39, 0.29) is 34.9 Å². The highest BCUT2D eigenvalue weighted by molar-refractivity contribution is 7.81. The van der Waals surface area contributed by atoms with Gasteiger partial charge < -0.3 is 38.6 Å². The molecule has 1 aromatic rings. The van der Waals surface area contributed by atoms with Gasteiger partial charge in [0.2, 0.25) is 11.8 Å². The zero-order valence-corrected chi connectivity index (χ0v) is 34.8. The van der Waals surface area contributed by atoms with Crippen LogP contribution in [0.15, 0.2) is 35.9 Å². The third-order valence-corrected chi connectivity index (χ3v) is 11.4. The maximum Gasteiger partial charge on any atom is 0.409 e. The summed E-state index contributed by atoms with van der Waals surface area (Å²) in [6.07, 6.45) is 1.42. The van der Waals surface area contributed by atoms with Crippen LogP contribution in [0.5, 0.6) is 5.75 Å². The minimum atomic E-state index is -1.85. The summed E-state index contributed by atoms with van der Waals surface area (Å²) in [7, 11) is 6.03. The normalized spacial score (nSPS) is 30.8. The second kappa shape index (κ2) is 16.4. The fraction of sp³-hybridized carbons (Fsp3) is 0.641. The Morgan fingerprint density at radius 3 is 2.50 bits per heavy atom. The second-order valence-electron chi connectivity index (χ2n) is 16.1. The summed E-state index contributed by atoms with van der Waals surface area (Å²) in [6, 6.07) is 2.59. The van der Waals surface area contributed by atoms with E-state index in [2.05, 4.69) is 17.9 Å². The fourth-order valence-corrected chi connectivity index (χ4v) is 7.52. The number of epoxide rings is 1. The van der Waals surface area contributed by atoms with Crippen molar-refractivity contribution in [1.29, 1.82) is 0 Å². The molecule has 15 heteroatoms. The number of fused-ring (bicyclic) bond motifs is 5. The van der Waals surface area contributed by atoms with Crippen LogP contribution in [-0.2, 0) is 39.8 Å². The first-order valence-electron chi connectivity index (χ1n) is 18.0. The van der Waals surface area contributed by atoms with Gasteiger partial charge in [0.25, 0.3) is 0 Å². The Bertz CT molecular complexity index is 1680. The number of esters is 1. The van der Waals surface area contributed by atoms with Crippen molar-refractivity contribution in [3.63, 3.8) is 0 Å². The number of allylic oxidation sites excluding steroid dienone is 3. The fourth-order valence-electron chi connectivity index (χ4n) is 7.10. The highest BCUT2D eigenvalue weighted by Gasteiger charge is 2.68. The Kier molecular flexibility index (Phi) is 13.2.